The molecule has 18 heavy (non-hydrogen) atoms. The first-order valence-electron chi connectivity index (χ1n) is 6.22. The van der Waals surface area contributed by atoms with Crippen molar-refractivity contribution in [1.29, 1.82) is 0 Å². The van der Waals surface area contributed by atoms with Crippen molar-refractivity contribution < 1.29 is 15.0 Å². The quantitative estimate of drug-likeness (QED) is 0.759. The smallest absolute Gasteiger partial charge is 0.253 e. The summed E-state index contributed by atoms with van der Waals surface area (Å²) in [6, 6.07) is 4.77. The van der Waals surface area contributed by atoms with Crippen LogP contribution < -0.4 is 0 Å². The molecule has 0 radical (unpaired) electrons. The molecule has 0 fully saturated rings. The maximum atomic E-state index is 12.1. The Morgan fingerprint density at radius 3 is 2.61 bits per heavy atom. The van der Waals surface area contributed by atoms with E-state index in [9.17, 15) is 9.90 Å². The molecular formula is C14H21NO3. The molecule has 0 aromatic heterocycles. The van der Waals surface area contributed by atoms with Gasteiger partial charge in [-0.3, -0.25) is 4.79 Å². The van der Waals surface area contributed by atoms with Gasteiger partial charge in [-0.2, -0.15) is 0 Å². The van der Waals surface area contributed by atoms with E-state index >= 15 is 0 Å². The largest absolute Gasteiger partial charge is 0.508 e. The molecule has 1 aromatic carbocycles. The van der Waals surface area contributed by atoms with E-state index in [1.807, 2.05) is 6.92 Å². The lowest BCUT2D eigenvalue weighted by Gasteiger charge is -2.18. The van der Waals surface area contributed by atoms with Crippen LogP contribution in [0, 0.1) is 6.92 Å². The van der Waals surface area contributed by atoms with Crippen molar-refractivity contribution in [3.05, 3.63) is 29.3 Å². The Kier molecular flexibility index (Phi) is 5.65. The number of phenols is 1. The molecule has 0 spiro atoms. The number of aliphatic hydroxyl groups is 1. The Morgan fingerprint density at radius 2 is 2.00 bits per heavy atom. The van der Waals surface area contributed by atoms with Crippen LogP contribution >= 0.6 is 0 Å². The molecule has 0 unspecified atom stereocenters. The molecular weight excluding hydrogens is 230 g/mol. The molecule has 0 saturated carbocycles. The molecule has 100 valence electrons. The number of amides is 1. The fraction of sp³-hybridized carbons (Fsp3) is 0.500. The molecule has 0 atom stereocenters. The zero-order chi connectivity index (χ0) is 13.5. The lowest BCUT2D eigenvalue weighted by Crippen LogP contribution is -2.28. The van der Waals surface area contributed by atoms with E-state index in [2.05, 4.69) is 0 Å². The highest BCUT2D eigenvalue weighted by atomic mass is 16.3. The third-order valence-corrected chi connectivity index (χ3v) is 2.94. The predicted molar refractivity (Wildman–Crippen MR) is 70.7 cm³/mol. The Morgan fingerprint density at radius 1 is 1.28 bits per heavy atom. The first kappa shape index (κ1) is 14.5. The Bertz CT molecular complexity index is 404. The van der Waals surface area contributed by atoms with Crippen molar-refractivity contribution >= 4 is 5.91 Å². The van der Waals surface area contributed by atoms with Crippen LogP contribution in [0.4, 0.5) is 0 Å². The minimum atomic E-state index is -0.0310. The van der Waals surface area contributed by atoms with Gasteiger partial charge in [0.15, 0.2) is 0 Å². The van der Waals surface area contributed by atoms with E-state index in [4.69, 9.17) is 5.11 Å². The van der Waals surface area contributed by atoms with Gasteiger partial charge in [0.2, 0.25) is 0 Å². The Labute approximate surface area is 108 Å². The lowest BCUT2D eigenvalue weighted by atomic mass is 10.1. The normalized spacial score (nSPS) is 10.4. The molecule has 4 heteroatoms. The molecule has 2 N–H and O–H groups in total. The molecule has 1 aromatic rings. The number of aromatic hydroxyl groups is 1. The molecule has 0 heterocycles. The van der Waals surface area contributed by atoms with Crippen molar-refractivity contribution in [2.45, 2.75) is 26.2 Å². The summed E-state index contributed by atoms with van der Waals surface area (Å²) < 4.78 is 0. The number of hydrogen-bond donors (Lipinski definition) is 2. The maximum absolute atomic E-state index is 12.1. The van der Waals surface area contributed by atoms with Crippen LogP contribution in [0.1, 0.15) is 35.2 Å². The van der Waals surface area contributed by atoms with Gasteiger partial charge in [-0.1, -0.05) is 0 Å². The molecule has 0 aliphatic rings. The summed E-state index contributed by atoms with van der Waals surface area (Å²) in [4.78, 5) is 13.8. The van der Waals surface area contributed by atoms with Crippen LogP contribution in [-0.4, -0.2) is 41.2 Å². The second-order valence-electron chi connectivity index (χ2n) is 4.51. The van der Waals surface area contributed by atoms with Crippen molar-refractivity contribution in [2.75, 3.05) is 20.2 Å². The van der Waals surface area contributed by atoms with Crippen LogP contribution in [0.5, 0.6) is 5.75 Å². The van der Waals surface area contributed by atoms with Gasteiger partial charge in [0.1, 0.15) is 5.75 Å². The summed E-state index contributed by atoms with van der Waals surface area (Å²) >= 11 is 0. The molecule has 0 bridgehead atoms. The van der Waals surface area contributed by atoms with Crippen molar-refractivity contribution in [3.63, 3.8) is 0 Å². The van der Waals surface area contributed by atoms with Crippen LogP contribution in [0.15, 0.2) is 18.2 Å². The summed E-state index contributed by atoms with van der Waals surface area (Å²) in [6.07, 6.45) is 2.59. The minimum absolute atomic E-state index is 0.0310. The van der Waals surface area contributed by atoms with Crippen LogP contribution in [0.25, 0.3) is 0 Å². The summed E-state index contributed by atoms with van der Waals surface area (Å²) in [5.74, 6) is 0.145. The number of aliphatic hydroxyl groups excluding tert-OH is 1. The Hall–Kier alpha value is -1.55. The standard InChI is InChI=1S/C14H21NO3/c1-11-10-12(17)6-7-13(11)14(18)15(2)8-4-3-5-9-16/h6-7,10,16-17H,3-5,8-9H2,1-2H3. The van der Waals surface area contributed by atoms with Gasteiger partial charge < -0.3 is 15.1 Å². The second-order valence-corrected chi connectivity index (χ2v) is 4.51. The number of unbranched alkanes of at least 4 members (excludes halogenated alkanes) is 2. The van der Waals surface area contributed by atoms with Gasteiger partial charge >= 0.3 is 0 Å². The fourth-order valence-corrected chi connectivity index (χ4v) is 1.83. The highest BCUT2D eigenvalue weighted by molar-refractivity contribution is 5.95. The first-order chi connectivity index (χ1) is 8.56. The van der Waals surface area contributed by atoms with E-state index < -0.39 is 0 Å². The van der Waals surface area contributed by atoms with E-state index in [-0.39, 0.29) is 18.3 Å². The van der Waals surface area contributed by atoms with E-state index in [1.54, 1.807) is 24.1 Å². The van der Waals surface area contributed by atoms with Crippen LogP contribution in [-0.2, 0) is 0 Å². The second kappa shape index (κ2) is 7.01. The van der Waals surface area contributed by atoms with Gasteiger partial charge in [-0.25, -0.2) is 0 Å². The number of nitrogens with zero attached hydrogens (tertiary/aromatic N) is 1. The number of aryl methyl sites for hydroxylation is 1. The number of carbonyl (C=O) groups is 1. The SMILES string of the molecule is Cc1cc(O)ccc1C(=O)N(C)CCCCCO. The van der Waals surface area contributed by atoms with E-state index in [1.165, 1.54) is 6.07 Å². The average molecular weight is 251 g/mol. The molecule has 1 rings (SSSR count). The zero-order valence-corrected chi connectivity index (χ0v) is 11.0. The first-order valence-corrected chi connectivity index (χ1v) is 6.22. The highest BCUT2D eigenvalue weighted by Crippen LogP contribution is 2.17. The monoisotopic (exact) mass is 251 g/mol. The van der Waals surface area contributed by atoms with Gasteiger partial charge in [0.25, 0.3) is 5.91 Å². The van der Waals surface area contributed by atoms with E-state index in [0.717, 1.165) is 24.8 Å². The van der Waals surface area contributed by atoms with Gasteiger partial charge in [-0.05, 0) is 49.9 Å². The Balaban J connectivity index is 2.57. The van der Waals surface area contributed by atoms with Crippen LogP contribution in [0.3, 0.4) is 0 Å². The summed E-state index contributed by atoms with van der Waals surface area (Å²) in [7, 11) is 1.77. The average Bonchev–Trinajstić information content (AvgIpc) is 2.33. The number of hydrogen-bond acceptors (Lipinski definition) is 3. The van der Waals surface area contributed by atoms with Crippen molar-refractivity contribution in [1.82, 2.24) is 4.90 Å². The van der Waals surface area contributed by atoms with E-state index in [0.29, 0.717) is 12.1 Å². The lowest BCUT2D eigenvalue weighted by molar-refractivity contribution is 0.0791. The van der Waals surface area contributed by atoms with Gasteiger partial charge in [-0.15, -0.1) is 0 Å². The third kappa shape index (κ3) is 4.04. The minimum Gasteiger partial charge on any atom is -0.508 e. The summed E-state index contributed by atoms with van der Waals surface area (Å²) in [5, 5.41) is 18.0. The summed E-state index contributed by atoms with van der Waals surface area (Å²) in [5.41, 5.74) is 1.40. The van der Waals surface area contributed by atoms with Crippen LogP contribution in [0.2, 0.25) is 0 Å². The molecule has 0 aliphatic heterocycles. The number of phenolic OH excluding ortho intramolecular Hbond substituents is 1. The molecule has 0 aliphatic carbocycles. The summed E-state index contributed by atoms with van der Waals surface area (Å²) in [6.45, 7) is 2.69. The predicted octanol–water partition coefficient (Wildman–Crippen LogP) is 1.94. The number of rotatable bonds is 6. The van der Waals surface area contributed by atoms with Crippen molar-refractivity contribution in [2.24, 2.45) is 0 Å². The van der Waals surface area contributed by atoms with Gasteiger partial charge in [0.05, 0.1) is 0 Å². The number of benzene rings is 1. The zero-order valence-electron chi connectivity index (χ0n) is 11.0. The van der Waals surface area contributed by atoms with Gasteiger partial charge in [0, 0.05) is 25.8 Å². The van der Waals surface area contributed by atoms with Crippen molar-refractivity contribution in [3.8, 4) is 5.75 Å². The molecule has 1 amide bonds. The topological polar surface area (TPSA) is 60.8 Å². The number of carbonyl (C=O) groups excluding carboxylic acids is 1. The highest BCUT2D eigenvalue weighted by Gasteiger charge is 2.13. The fourth-order valence-electron chi connectivity index (χ4n) is 1.83. The maximum Gasteiger partial charge on any atom is 0.253 e. The third-order valence-electron chi connectivity index (χ3n) is 2.94. The molecule has 4 nitrogen and oxygen atoms in total. The molecule has 0 saturated heterocycles.